The molecule has 2 aromatic carbocycles. The Balaban J connectivity index is 0.00000256. The number of benzene rings is 2. The summed E-state index contributed by atoms with van der Waals surface area (Å²) in [6, 6.07) is 16.4. The molecule has 32 heavy (non-hydrogen) atoms. The highest BCUT2D eigenvalue weighted by Gasteiger charge is 2.10. The standard InChI is InChI=1S/C23H25ClN2O4.2ClH/c1-15(25-12-22(28)17-3-2-4-18(24)10-17)9-16-5-7-20(8-6-16)30-14-19-11-21(27)23(29)13-26-19;;/h2-8,10-11,13,15,22,25,28-29H,9,12,14H2,1H3,(H,26,27);2*1H. The highest BCUT2D eigenvalue weighted by molar-refractivity contribution is 6.30. The van der Waals surface area contributed by atoms with E-state index in [9.17, 15) is 15.0 Å². The molecule has 0 aliphatic heterocycles. The number of hydrogen-bond acceptors (Lipinski definition) is 5. The van der Waals surface area contributed by atoms with E-state index in [1.165, 1.54) is 12.3 Å². The summed E-state index contributed by atoms with van der Waals surface area (Å²) in [6.07, 6.45) is 1.43. The van der Waals surface area contributed by atoms with Gasteiger partial charge in [-0.3, -0.25) is 4.79 Å². The zero-order chi connectivity index (χ0) is 21.5. The van der Waals surface area contributed by atoms with Gasteiger partial charge in [-0.1, -0.05) is 35.9 Å². The number of nitrogens with one attached hydrogen (secondary N) is 2. The van der Waals surface area contributed by atoms with Crippen molar-refractivity contribution >= 4 is 36.4 Å². The van der Waals surface area contributed by atoms with Crippen LogP contribution in [0.25, 0.3) is 0 Å². The van der Waals surface area contributed by atoms with Crippen LogP contribution in [0.3, 0.4) is 0 Å². The molecule has 0 saturated carbocycles. The summed E-state index contributed by atoms with van der Waals surface area (Å²) in [6.45, 7) is 2.71. The molecule has 2 unspecified atom stereocenters. The molecular formula is C23H27Cl3N2O4. The first-order valence-electron chi connectivity index (χ1n) is 9.70. The second-order valence-corrected chi connectivity index (χ2v) is 7.66. The fraction of sp³-hybridized carbons (Fsp3) is 0.261. The number of pyridine rings is 1. The number of aliphatic hydroxyl groups is 1. The number of ether oxygens (including phenoxy) is 1. The van der Waals surface area contributed by atoms with Crippen LogP contribution in [-0.4, -0.2) is 27.8 Å². The van der Waals surface area contributed by atoms with E-state index >= 15 is 0 Å². The zero-order valence-corrected chi connectivity index (χ0v) is 19.8. The number of halogens is 3. The molecule has 0 amide bonds. The van der Waals surface area contributed by atoms with Crippen LogP contribution in [0.15, 0.2) is 65.6 Å². The molecule has 174 valence electrons. The minimum atomic E-state index is -0.617. The Kier molecular flexibility index (Phi) is 11.6. The average Bonchev–Trinajstić information content (AvgIpc) is 2.74. The molecule has 0 radical (unpaired) electrons. The highest BCUT2D eigenvalue weighted by atomic mass is 35.5. The lowest BCUT2D eigenvalue weighted by atomic mass is 10.1. The van der Waals surface area contributed by atoms with E-state index in [0.29, 0.717) is 23.0 Å². The summed E-state index contributed by atoms with van der Waals surface area (Å²) in [5.74, 6) is 0.371. The summed E-state index contributed by atoms with van der Waals surface area (Å²) >= 11 is 5.97. The van der Waals surface area contributed by atoms with Gasteiger partial charge in [0, 0.05) is 29.9 Å². The maximum absolute atomic E-state index is 11.4. The van der Waals surface area contributed by atoms with E-state index in [-0.39, 0.29) is 43.2 Å². The van der Waals surface area contributed by atoms with Crippen molar-refractivity contribution in [2.45, 2.75) is 32.1 Å². The van der Waals surface area contributed by atoms with Crippen LogP contribution in [0.5, 0.6) is 11.5 Å². The van der Waals surface area contributed by atoms with E-state index in [4.69, 9.17) is 16.3 Å². The second kappa shape index (κ2) is 13.4. The Morgan fingerprint density at radius 2 is 1.84 bits per heavy atom. The van der Waals surface area contributed by atoms with Crippen LogP contribution in [0.2, 0.25) is 5.02 Å². The van der Waals surface area contributed by atoms with Gasteiger partial charge in [0.2, 0.25) is 5.43 Å². The molecule has 0 bridgehead atoms. The number of rotatable bonds is 9. The first kappa shape index (κ1) is 27.8. The van der Waals surface area contributed by atoms with E-state index < -0.39 is 11.5 Å². The Morgan fingerprint density at radius 3 is 2.50 bits per heavy atom. The lowest BCUT2D eigenvalue weighted by Crippen LogP contribution is -2.32. The van der Waals surface area contributed by atoms with Gasteiger partial charge in [-0.25, -0.2) is 0 Å². The largest absolute Gasteiger partial charge is 0.503 e. The third kappa shape index (κ3) is 8.37. The van der Waals surface area contributed by atoms with Gasteiger partial charge in [0.1, 0.15) is 12.4 Å². The van der Waals surface area contributed by atoms with E-state index in [1.54, 1.807) is 12.1 Å². The number of aromatic nitrogens is 1. The maximum Gasteiger partial charge on any atom is 0.223 e. The van der Waals surface area contributed by atoms with Gasteiger partial charge in [0.15, 0.2) is 5.75 Å². The summed E-state index contributed by atoms with van der Waals surface area (Å²) in [7, 11) is 0. The lowest BCUT2D eigenvalue weighted by Gasteiger charge is -2.18. The number of aromatic amines is 1. The molecule has 2 atom stereocenters. The van der Waals surface area contributed by atoms with Gasteiger partial charge in [0.25, 0.3) is 0 Å². The van der Waals surface area contributed by atoms with E-state index in [2.05, 4.69) is 17.2 Å². The van der Waals surface area contributed by atoms with Crippen molar-refractivity contribution in [3.05, 3.63) is 92.9 Å². The first-order valence-corrected chi connectivity index (χ1v) is 10.1. The molecule has 0 saturated heterocycles. The minimum absolute atomic E-state index is 0. The van der Waals surface area contributed by atoms with Gasteiger partial charge < -0.3 is 25.3 Å². The molecule has 6 nitrogen and oxygen atoms in total. The van der Waals surface area contributed by atoms with Crippen molar-refractivity contribution < 1.29 is 14.9 Å². The molecule has 9 heteroatoms. The third-order valence-electron chi connectivity index (χ3n) is 4.70. The molecular weight excluding hydrogens is 475 g/mol. The molecule has 0 aliphatic rings. The molecule has 3 aromatic rings. The van der Waals surface area contributed by atoms with Crippen LogP contribution in [0.1, 0.15) is 29.8 Å². The smallest absolute Gasteiger partial charge is 0.223 e. The van der Waals surface area contributed by atoms with Crippen LogP contribution >= 0.6 is 36.4 Å². The second-order valence-electron chi connectivity index (χ2n) is 7.22. The summed E-state index contributed by atoms with van der Waals surface area (Å²) in [5.41, 5.74) is 2.07. The van der Waals surface area contributed by atoms with Crippen molar-refractivity contribution in [3.8, 4) is 11.5 Å². The molecule has 1 heterocycles. The van der Waals surface area contributed by atoms with Gasteiger partial charge in [-0.05, 0) is 48.7 Å². The predicted molar refractivity (Wildman–Crippen MR) is 132 cm³/mol. The monoisotopic (exact) mass is 500 g/mol. The fourth-order valence-electron chi connectivity index (χ4n) is 3.04. The van der Waals surface area contributed by atoms with Gasteiger partial charge in [0.05, 0.1) is 11.8 Å². The SMILES string of the molecule is CC(Cc1ccc(OCc2cc(=O)c(O)c[nH]2)cc1)NCC(O)c1cccc(Cl)c1.Cl.Cl. The molecule has 4 N–H and O–H groups in total. The van der Waals surface area contributed by atoms with Gasteiger partial charge >= 0.3 is 0 Å². The number of aromatic hydroxyl groups is 1. The predicted octanol–water partition coefficient (Wildman–Crippen LogP) is 4.41. The Morgan fingerprint density at radius 1 is 1.12 bits per heavy atom. The molecule has 0 spiro atoms. The van der Waals surface area contributed by atoms with Crippen molar-refractivity contribution in [1.29, 1.82) is 0 Å². The minimum Gasteiger partial charge on any atom is -0.503 e. The van der Waals surface area contributed by atoms with Crippen LogP contribution in [0.4, 0.5) is 0 Å². The van der Waals surface area contributed by atoms with Crippen LogP contribution in [-0.2, 0) is 13.0 Å². The van der Waals surface area contributed by atoms with E-state index in [0.717, 1.165) is 17.5 Å². The fourth-order valence-corrected chi connectivity index (χ4v) is 3.24. The van der Waals surface area contributed by atoms with Crippen molar-refractivity contribution in [1.82, 2.24) is 10.3 Å². The third-order valence-corrected chi connectivity index (χ3v) is 4.94. The average molecular weight is 502 g/mol. The van der Waals surface area contributed by atoms with Crippen molar-refractivity contribution in [3.63, 3.8) is 0 Å². The maximum atomic E-state index is 11.4. The Labute approximate surface area is 204 Å². The van der Waals surface area contributed by atoms with Gasteiger partial charge in [-0.15, -0.1) is 24.8 Å². The number of H-pyrrole nitrogens is 1. The molecule has 0 fully saturated rings. The normalized spacial score (nSPS) is 12.2. The topological polar surface area (TPSA) is 94.6 Å². The quantitative estimate of drug-likeness (QED) is 0.348. The summed E-state index contributed by atoms with van der Waals surface area (Å²) < 4.78 is 5.67. The number of hydrogen-bond donors (Lipinski definition) is 4. The summed E-state index contributed by atoms with van der Waals surface area (Å²) in [5, 5.41) is 23.5. The van der Waals surface area contributed by atoms with Crippen molar-refractivity contribution in [2.24, 2.45) is 0 Å². The molecule has 3 rings (SSSR count). The zero-order valence-electron chi connectivity index (χ0n) is 17.5. The highest BCUT2D eigenvalue weighted by Crippen LogP contribution is 2.18. The Hall–Kier alpha value is -2.22. The molecule has 1 aromatic heterocycles. The summed E-state index contributed by atoms with van der Waals surface area (Å²) in [4.78, 5) is 14.2. The molecule has 0 aliphatic carbocycles. The van der Waals surface area contributed by atoms with Gasteiger partial charge in [-0.2, -0.15) is 0 Å². The number of aliphatic hydroxyl groups excluding tert-OH is 1. The lowest BCUT2D eigenvalue weighted by molar-refractivity contribution is 0.170. The van der Waals surface area contributed by atoms with E-state index in [1.807, 2.05) is 36.4 Å². The van der Waals surface area contributed by atoms with Crippen LogP contribution < -0.4 is 15.5 Å². The van der Waals surface area contributed by atoms with Crippen molar-refractivity contribution in [2.75, 3.05) is 6.54 Å². The first-order chi connectivity index (χ1) is 14.4. The Bertz CT molecular complexity index is 1030. The van der Waals surface area contributed by atoms with Crippen LogP contribution in [0, 0.1) is 0 Å².